The minimum Gasteiger partial charge on any atom is -0.289 e. The van der Waals surface area contributed by atoms with Crippen LogP contribution in [0, 0.1) is 0 Å². The molecular weight excluding hydrogens is 349 g/mol. The zero-order valence-corrected chi connectivity index (χ0v) is 13.2. The summed E-state index contributed by atoms with van der Waals surface area (Å²) in [6.45, 7) is 0. The molecule has 1 amide bonds. The van der Waals surface area contributed by atoms with E-state index in [-0.39, 0.29) is 0 Å². The van der Waals surface area contributed by atoms with E-state index >= 15 is 0 Å². The number of rotatable bonds is 3. The molecule has 23 heavy (non-hydrogen) atoms. The molecule has 1 aromatic heterocycles. The lowest BCUT2D eigenvalue weighted by Gasteiger charge is -2.08. The highest BCUT2D eigenvalue weighted by Gasteiger charge is 2.35. The Balaban J connectivity index is 1.67. The summed E-state index contributed by atoms with van der Waals surface area (Å²) in [5.74, 6) is -0.0174. The number of hydrogen-bond acceptors (Lipinski definition) is 5. The summed E-state index contributed by atoms with van der Waals surface area (Å²) >= 11 is 3.70. The lowest BCUT2D eigenvalue weighted by Crippen LogP contribution is -2.13. The first-order valence-electron chi connectivity index (χ1n) is 6.57. The minimum atomic E-state index is -4.63. The van der Waals surface area contributed by atoms with Crippen molar-refractivity contribution in [2.45, 2.75) is 10.8 Å². The Labute approximate surface area is 137 Å². The molecule has 2 heterocycles. The van der Waals surface area contributed by atoms with Gasteiger partial charge in [0, 0.05) is 17.1 Å². The van der Waals surface area contributed by atoms with Crippen LogP contribution in [-0.2, 0) is 6.18 Å². The van der Waals surface area contributed by atoms with Gasteiger partial charge in [-0.1, -0.05) is 12.1 Å². The molecule has 5 nitrogen and oxygen atoms in total. The van der Waals surface area contributed by atoms with E-state index in [1.807, 2.05) is 35.7 Å². The zero-order valence-electron chi connectivity index (χ0n) is 11.6. The summed E-state index contributed by atoms with van der Waals surface area (Å²) < 4.78 is 37.6. The molecule has 0 unspecified atom stereocenters. The molecule has 122 valence electrons. The molecule has 0 radical (unpaired) electrons. The second kappa shape index (κ2) is 6.44. The van der Waals surface area contributed by atoms with Crippen LogP contribution in [-0.4, -0.2) is 32.6 Å². The first kappa shape index (κ1) is 16.2. The number of halogens is 3. The quantitative estimate of drug-likeness (QED) is 0.876. The summed E-state index contributed by atoms with van der Waals surface area (Å²) in [6.07, 6.45) is -4.63. The van der Waals surface area contributed by atoms with Gasteiger partial charge in [0.15, 0.2) is 0 Å². The van der Waals surface area contributed by atoms with Gasteiger partial charge >= 0.3 is 6.18 Å². The molecule has 0 aliphatic carbocycles. The molecule has 1 fully saturated rings. The van der Waals surface area contributed by atoms with Gasteiger partial charge in [0.2, 0.25) is 11.8 Å². The van der Waals surface area contributed by atoms with E-state index < -0.39 is 23.9 Å². The Kier molecular flexibility index (Phi) is 4.53. The van der Waals surface area contributed by atoms with Crippen LogP contribution in [0.1, 0.15) is 26.3 Å². The van der Waals surface area contributed by atoms with Crippen molar-refractivity contribution in [1.82, 2.24) is 15.2 Å². The summed E-state index contributed by atoms with van der Waals surface area (Å²) in [6, 6.07) is 6.98. The third-order valence-electron chi connectivity index (χ3n) is 3.05. The van der Waals surface area contributed by atoms with Crippen LogP contribution in [0.4, 0.5) is 19.1 Å². The van der Waals surface area contributed by atoms with Gasteiger partial charge < -0.3 is 0 Å². The van der Waals surface area contributed by atoms with E-state index in [0.29, 0.717) is 10.1 Å². The normalized spacial score (nSPS) is 15.8. The fraction of sp³-hybridized carbons (Fsp3) is 0.308. The van der Waals surface area contributed by atoms with E-state index in [1.54, 1.807) is 17.2 Å². The van der Waals surface area contributed by atoms with Crippen LogP contribution >= 0.6 is 23.5 Å². The standard InChI is InChI=1S/C13H11F3N4OS2/c14-13(15,16)11-18-12(20-19-11)17-9(21)7-1-3-8(4-2-7)10-22-5-6-23-10/h1-4,10H,5-6H2,(H2,17,18,19,20,21). The van der Waals surface area contributed by atoms with Crippen molar-refractivity contribution in [3.05, 3.63) is 41.2 Å². The number of H-pyrrole nitrogens is 1. The summed E-state index contributed by atoms with van der Waals surface area (Å²) in [5, 5.41) is 7.31. The second-order valence-corrected chi connectivity index (χ2v) is 7.38. The number of nitrogens with one attached hydrogen (secondary N) is 2. The lowest BCUT2D eigenvalue weighted by molar-refractivity contribution is -0.144. The second-order valence-electron chi connectivity index (χ2n) is 4.66. The van der Waals surface area contributed by atoms with Gasteiger partial charge in [-0.05, 0) is 17.7 Å². The van der Waals surface area contributed by atoms with Gasteiger partial charge in [-0.25, -0.2) is 0 Å². The molecular formula is C13H11F3N4OS2. The first-order valence-corrected chi connectivity index (χ1v) is 8.67. The van der Waals surface area contributed by atoms with E-state index in [4.69, 9.17) is 0 Å². The Morgan fingerprint density at radius 1 is 1.22 bits per heavy atom. The Hall–Kier alpha value is -1.68. The molecule has 1 aliphatic rings. The lowest BCUT2D eigenvalue weighted by atomic mass is 10.1. The number of nitrogens with zero attached hydrogens (tertiary/aromatic N) is 2. The van der Waals surface area contributed by atoms with Gasteiger partial charge in [0.1, 0.15) is 0 Å². The maximum absolute atomic E-state index is 12.4. The molecule has 1 saturated heterocycles. The number of amides is 1. The maximum atomic E-state index is 12.4. The zero-order chi connectivity index (χ0) is 16.4. The largest absolute Gasteiger partial charge is 0.451 e. The minimum absolute atomic E-state index is 0.333. The number of anilines is 1. The molecule has 2 N–H and O–H groups in total. The molecule has 2 aromatic rings. The molecule has 0 atom stereocenters. The Morgan fingerprint density at radius 2 is 1.87 bits per heavy atom. The number of thioether (sulfide) groups is 2. The van der Waals surface area contributed by atoms with Crippen molar-refractivity contribution in [3.8, 4) is 0 Å². The molecule has 3 rings (SSSR count). The average molecular weight is 360 g/mol. The smallest absolute Gasteiger partial charge is 0.289 e. The van der Waals surface area contributed by atoms with Crippen LogP contribution in [0.25, 0.3) is 0 Å². The number of carbonyl (C=O) groups excluding carboxylic acids is 1. The van der Waals surface area contributed by atoms with Crippen molar-refractivity contribution in [3.63, 3.8) is 0 Å². The SMILES string of the molecule is O=C(Nc1n[nH]c(C(F)(F)F)n1)c1ccc(C2SCCS2)cc1. The predicted molar refractivity (Wildman–Crippen MR) is 83.4 cm³/mol. The van der Waals surface area contributed by atoms with Gasteiger partial charge in [0.05, 0.1) is 4.58 Å². The predicted octanol–water partition coefficient (Wildman–Crippen LogP) is 3.55. The Morgan fingerprint density at radius 3 is 2.43 bits per heavy atom. The van der Waals surface area contributed by atoms with Gasteiger partial charge in [-0.3, -0.25) is 15.2 Å². The molecule has 10 heteroatoms. The van der Waals surface area contributed by atoms with Gasteiger partial charge in [-0.15, -0.1) is 28.6 Å². The van der Waals surface area contributed by atoms with Crippen molar-refractivity contribution >= 4 is 35.4 Å². The number of benzene rings is 1. The summed E-state index contributed by atoms with van der Waals surface area (Å²) in [4.78, 5) is 15.2. The van der Waals surface area contributed by atoms with E-state index in [1.165, 1.54) is 0 Å². The fourth-order valence-electron chi connectivity index (χ4n) is 1.96. The fourth-order valence-corrected chi connectivity index (χ4v) is 4.82. The number of hydrogen-bond donors (Lipinski definition) is 2. The number of aromatic amines is 1. The monoisotopic (exact) mass is 360 g/mol. The van der Waals surface area contributed by atoms with Crippen LogP contribution < -0.4 is 5.32 Å². The van der Waals surface area contributed by atoms with Crippen molar-refractivity contribution in [2.75, 3.05) is 16.8 Å². The van der Waals surface area contributed by atoms with Gasteiger partial charge in [0.25, 0.3) is 5.91 Å². The third-order valence-corrected chi connectivity index (χ3v) is 6.15. The number of carbonyl (C=O) groups is 1. The topological polar surface area (TPSA) is 70.7 Å². The number of alkyl halides is 3. The van der Waals surface area contributed by atoms with Gasteiger partial charge in [-0.2, -0.15) is 18.2 Å². The Bertz CT molecular complexity index is 696. The molecule has 1 aromatic carbocycles. The van der Waals surface area contributed by atoms with Crippen molar-refractivity contribution in [1.29, 1.82) is 0 Å². The third kappa shape index (κ3) is 3.81. The highest BCUT2D eigenvalue weighted by atomic mass is 32.2. The molecule has 0 spiro atoms. The summed E-state index contributed by atoms with van der Waals surface area (Å²) in [5.41, 5.74) is 1.45. The highest BCUT2D eigenvalue weighted by Crippen LogP contribution is 2.45. The van der Waals surface area contributed by atoms with E-state index in [0.717, 1.165) is 17.1 Å². The number of aromatic nitrogens is 3. The van der Waals surface area contributed by atoms with E-state index in [9.17, 15) is 18.0 Å². The van der Waals surface area contributed by atoms with Crippen LogP contribution in [0.15, 0.2) is 24.3 Å². The average Bonchev–Trinajstić information content (AvgIpc) is 3.18. The van der Waals surface area contributed by atoms with E-state index in [2.05, 4.69) is 15.4 Å². The molecule has 0 bridgehead atoms. The van der Waals surface area contributed by atoms with Crippen LogP contribution in [0.2, 0.25) is 0 Å². The molecule has 1 aliphatic heterocycles. The highest BCUT2D eigenvalue weighted by molar-refractivity contribution is 8.19. The maximum Gasteiger partial charge on any atom is 0.451 e. The molecule has 0 saturated carbocycles. The summed E-state index contributed by atoms with van der Waals surface area (Å²) in [7, 11) is 0. The van der Waals surface area contributed by atoms with Crippen LogP contribution in [0.5, 0.6) is 0 Å². The first-order chi connectivity index (χ1) is 10.9. The van der Waals surface area contributed by atoms with Crippen molar-refractivity contribution in [2.24, 2.45) is 0 Å². The van der Waals surface area contributed by atoms with Crippen molar-refractivity contribution < 1.29 is 18.0 Å². The van der Waals surface area contributed by atoms with Crippen LogP contribution in [0.3, 0.4) is 0 Å².